The summed E-state index contributed by atoms with van der Waals surface area (Å²) in [6, 6.07) is 3.87. The first kappa shape index (κ1) is 12.0. The Morgan fingerprint density at radius 2 is 1.62 bits per heavy atom. The summed E-state index contributed by atoms with van der Waals surface area (Å²) in [5.74, 6) is 0.403. The van der Waals surface area contributed by atoms with Crippen molar-refractivity contribution in [1.82, 2.24) is 0 Å². The molecule has 0 aliphatic rings. The predicted molar refractivity (Wildman–Crippen MR) is 58.3 cm³/mol. The smallest absolute Gasteiger partial charge is 0.118 e. The van der Waals surface area contributed by atoms with Gasteiger partial charge in [0.2, 0.25) is 0 Å². The Labute approximate surface area is 81.4 Å². The van der Waals surface area contributed by atoms with Crippen LogP contribution in [0.1, 0.15) is 37.5 Å². The molecule has 0 aromatic heterocycles. The quantitative estimate of drug-likeness (QED) is 0.700. The molecule has 1 rings (SSSR count). The van der Waals surface area contributed by atoms with E-state index in [0.29, 0.717) is 5.75 Å². The summed E-state index contributed by atoms with van der Waals surface area (Å²) >= 11 is 0. The van der Waals surface area contributed by atoms with Crippen molar-refractivity contribution in [3.8, 4) is 5.75 Å². The molecule has 74 valence electrons. The lowest BCUT2D eigenvalue weighted by molar-refractivity contribution is 0.470. The summed E-state index contributed by atoms with van der Waals surface area (Å²) in [6.45, 7) is 10.1. The molecule has 1 nitrogen and oxygen atoms in total. The summed E-state index contributed by atoms with van der Waals surface area (Å²) in [6.07, 6.45) is 1.03. The van der Waals surface area contributed by atoms with Crippen molar-refractivity contribution >= 4 is 0 Å². The molecule has 0 spiro atoms. The summed E-state index contributed by atoms with van der Waals surface area (Å²) in [5.41, 5.74) is 3.46. The Morgan fingerprint density at radius 3 is 2.08 bits per heavy atom. The van der Waals surface area contributed by atoms with Crippen LogP contribution in [0.4, 0.5) is 0 Å². The van der Waals surface area contributed by atoms with E-state index in [9.17, 15) is 5.11 Å². The van der Waals surface area contributed by atoms with Crippen molar-refractivity contribution in [2.45, 2.75) is 41.0 Å². The minimum Gasteiger partial charge on any atom is -0.508 e. The van der Waals surface area contributed by atoms with Gasteiger partial charge in [-0.1, -0.05) is 26.8 Å². The van der Waals surface area contributed by atoms with Gasteiger partial charge < -0.3 is 5.11 Å². The van der Waals surface area contributed by atoms with Crippen LogP contribution in [0.25, 0.3) is 0 Å². The van der Waals surface area contributed by atoms with E-state index in [1.807, 2.05) is 39.8 Å². The van der Waals surface area contributed by atoms with Gasteiger partial charge in [0, 0.05) is 0 Å². The highest BCUT2D eigenvalue weighted by molar-refractivity contribution is 5.40. The zero-order chi connectivity index (χ0) is 10.4. The molecule has 0 fully saturated rings. The number of hydrogen-bond donors (Lipinski definition) is 1. The average Bonchev–Trinajstić information content (AvgIpc) is 2.15. The lowest BCUT2D eigenvalue weighted by Crippen LogP contribution is -1.87. The Kier molecular flexibility index (Phi) is 5.20. The fourth-order valence-corrected chi connectivity index (χ4v) is 1.24. The molecule has 0 amide bonds. The van der Waals surface area contributed by atoms with Crippen LogP contribution in [-0.2, 0) is 6.42 Å². The van der Waals surface area contributed by atoms with Gasteiger partial charge in [0.15, 0.2) is 0 Å². The molecule has 1 aromatic carbocycles. The minimum atomic E-state index is 0.403. The lowest BCUT2D eigenvalue weighted by Gasteiger charge is -2.05. The molecular weight excluding hydrogens is 160 g/mol. The molecule has 0 bridgehead atoms. The molecule has 1 N–H and O–H groups in total. The van der Waals surface area contributed by atoms with Crippen LogP contribution in [0.15, 0.2) is 12.1 Å². The second-order valence-electron chi connectivity index (χ2n) is 2.92. The van der Waals surface area contributed by atoms with Crippen LogP contribution in [0, 0.1) is 13.8 Å². The second kappa shape index (κ2) is 5.63. The number of aromatic hydroxyl groups is 1. The number of phenols is 1. The van der Waals surface area contributed by atoms with E-state index < -0.39 is 0 Å². The van der Waals surface area contributed by atoms with Crippen molar-refractivity contribution in [3.05, 3.63) is 28.8 Å². The lowest BCUT2D eigenvalue weighted by atomic mass is 10.0. The first-order valence-electron chi connectivity index (χ1n) is 4.94. The highest BCUT2D eigenvalue weighted by Crippen LogP contribution is 2.21. The molecule has 0 heterocycles. The van der Waals surface area contributed by atoms with Gasteiger partial charge in [0.05, 0.1) is 0 Å². The van der Waals surface area contributed by atoms with E-state index in [-0.39, 0.29) is 0 Å². The average molecular weight is 180 g/mol. The molecule has 1 heteroatoms. The van der Waals surface area contributed by atoms with Gasteiger partial charge in [-0.15, -0.1) is 0 Å². The van der Waals surface area contributed by atoms with Gasteiger partial charge in [0.1, 0.15) is 5.75 Å². The molecule has 0 saturated carbocycles. The van der Waals surface area contributed by atoms with Crippen LogP contribution in [0.2, 0.25) is 0 Å². The molecule has 0 atom stereocenters. The van der Waals surface area contributed by atoms with Crippen LogP contribution >= 0.6 is 0 Å². The second-order valence-corrected chi connectivity index (χ2v) is 2.92. The van der Waals surface area contributed by atoms with Crippen LogP contribution in [0.3, 0.4) is 0 Å². The largest absolute Gasteiger partial charge is 0.508 e. The topological polar surface area (TPSA) is 20.2 Å². The maximum absolute atomic E-state index is 9.32. The number of rotatable bonds is 1. The molecule has 0 unspecified atom stereocenters. The molecule has 0 aliphatic carbocycles. The fourth-order valence-electron chi connectivity index (χ4n) is 1.24. The summed E-state index contributed by atoms with van der Waals surface area (Å²) < 4.78 is 0. The van der Waals surface area contributed by atoms with Crippen molar-refractivity contribution in [3.63, 3.8) is 0 Å². The van der Waals surface area contributed by atoms with Crippen LogP contribution < -0.4 is 0 Å². The van der Waals surface area contributed by atoms with Gasteiger partial charge >= 0.3 is 0 Å². The summed E-state index contributed by atoms with van der Waals surface area (Å²) in [5, 5.41) is 9.32. The zero-order valence-corrected chi connectivity index (χ0v) is 9.31. The molecule has 0 saturated heterocycles. The van der Waals surface area contributed by atoms with Crippen molar-refractivity contribution in [2.75, 3.05) is 0 Å². The number of phenolic OH excluding ortho intramolecular Hbond substituents is 1. The monoisotopic (exact) mass is 180 g/mol. The normalized spacial score (nSPS) is 9.00. The maximum atomic E-state index is 9.32. The number of hydrogen-bond acceptors (Lipinski definition) is 1. The van der Waals surface area contributed by atoms with Crippen LogP contribution in [0.5, 0.6) is 5.75 Å². The van der Waals surface area contributed by atoms with E-state index in [4.69, 9.17) is 0 Å². The third-order valence-electron chi connectivity index (χ3n) is 2.04. The van der Waals surface area contributed by atoms with E-state index in [0.717, 1.165) is 12.0 Å². The van der Waals surface area contributed by atoms with E-state index in [2.05, 4.69) is 6.92 Å². The molecular formula is C12H20O. The van der Waals surface area contributed by atoms with Crippen molar-refractivity contribution in [1.29, 1.82) is 0 Å². The van der Waals surface area contributed by atoms with E-state index in [1.54, 1.807) is 0 Å². The molecule has 1 aromatic rings. The standard InChI is InChI=1S/C10H14O.C2H6/c1-4-9-5-8(3)10(11)6-7(9)2;1-2/h5-6,11H,4H2,1-3H3;1-2H3. The zero-order valence-electron chi connectivity index (χ0n) is 9.31. The third-order valence-corrected chi connectivity index (χ3v) is 2.04. The predicted octanol–water partition coefficient (Wildman–Crippen LogP) is 3.60. The van der Waals surface area contributed by atoms with Crippen LogP contribution in [-0.4, -0.2) is 5.11 Å². The first-order chi connectivity index (χ1) is 6.15. The fraction of sp³-hybridized carbons (Fsp3) is 0.500. The Bertz CT molecular complexity index is 264. The van der Waals surface area contributed by atoms with Gasteiger partial charge in [-0.3, -0.25) is 0 Å². The molecule has 13 heavy (non-hydrogen) atoms. The first-order valence-corrected chi connectivity index (χ1v) is 4.94. The Hall–Kier alpha value is -0.980. The van der Waals surface area contributed by atoms with Gasteiger partial charge in [-0.25, -0.2) is 0 Å². The van der Waals surface area contributed by atoms with Crippen molar-refractivity contribution in [2.24, 2.45) is 0 Å². The third kappa shape index (κ3) is 3.10. The molecule has 0 radical (unpaired) electrons. The van der Waals surface area contributed by atoms with Gasteiger partial charge in [0.25, 0.3) is 0 Å². The summed E-state index contributed by atoms with van der Waals surface area (Å²) in [7, 11) is 0. The highest BCUT2D eigenvalue weighted by Gasteiger charge is 2.00. The molecule has 0 aliphatic heterocycles. The SMILES string of the molecule is CC.CCc1cc(C)c(O)cc1C. The van der Waals surface area contributed by atoms with Crippen molar-refractivity contribution < 1.29 is 5.11 Å². The number of benzene rings is 1. The van der Waals surface area contributed by atoms with E-state index >= 15 is 0 Å². The number of aryl methyl sites for hydroxylation is 3. The summed E-state index contributed by atoms with van der Waals surface area (Å²) in [4.78, 5) is 0. The minimum absolute atomic E-state index is 0.403. The Balaban J connectivity index is 0.000000671. The van der Waals surface area contributed by atoms with Gasteiger partial charge in [-0.05, 0) is 43.0 Å². The maximum Gasteiger partial charge on any atom is 0.118 e. The van der Waals surface area contributed by atoms with E-state index in [1.165, 1.54) is 11.1 Å². The highest BCUT2D eigenvalue weighted by atomic mass is 16.3. The Morgan fingerprint density at radius 1 is 1.08 bits per heavy atom. The van der Waals surface area contributed by atoms with Gasteiger partial charge in [-0.2, -0.15) is 0 Å².